The number of benzene rings is 2. The maximum atomic E-state index is 12.8. The van der Waals surface area contributed by atoms with Crippen molar-refractivity contribution in [3.8, 4) is 0 Å². The Morgan fingerprint density at radius 1 is 1.00 bits per heavy atom. The number of piperazine rings is 1. The molecule has 1 saturated heterocycles. The van der Waals surface area contributed by atoms with E-state index in [9.17, 15) is 4.79 Å². The lowest BCUT2D eigenvalue weighted by molar-refractivity contribution is 0.208. The lowest BCUT2D eigenvalue weighted by Crippen LogP contribution is -2.50. The molecular weight excluding hydrogens is 346 g/mol. The second-order valence-corrected chi connectivity index (χ2v) is 6.98. The molecule has 0 aromatic heterocycles. The van der Waals surface area contributed by atoms with Crippen LogP contribution in [0.1, 0.15) is 25.0 Å². The largest absolute Gasteiger partial charge is 0.368 e. The van der Waals surface area contributed by atoms with Crippen LogP contribution in [-0.4, -0.2) is 37.1 Å². The smallest absolute Gasteiger partial charge is 0.321 e. The second-order valence-electron chi connectivity index (χ2n) is 6.54. The van der Waals surface area contributed by atoms with Crippen LogP contribution in [-0.2, 0) is 12.8 Å². The van der Waals surface area contributed by atoms with Gasteiger partial charge in [-0.3, -0.25) is 0 Å². The Balaban J connectivity index is 1.64. The van der Waals surface area contributed by atoms with Crippen LogP contribution in [0.25, 0.3) is 0 Å². The quantitative estimate of drug-likeness (QED) is 0.836. The molecule has 0 spiro atoms. The number of urea groups is 1. The number of carbonyl (C=O) groups is 1. The van der Waals surface area contributed by atoms with Crippen LogP contribution < -0.4 is 10.2 Å². The number of hydrogen-bond donors (Lipinski definition) is 1. The Hall–Kier alpha value is -2.20. The van der Waals surface area contributed by atoms with Crippen molar-refractivity contribution in [3.63, 3.8) is 0 Å². The van der Waals surface area contributed by atoms with E-state index in [-0.39, 0.29) is 6.03 Å². The van der Waals surface area contributed by atoms with Crippen molar-refractivity contribution in [1.29, 1.82) is 0 Å². The zero-order valence-electron chi connectivity index (χ0n) is 15.5. The molecule has 0 saturated carbocycles. The number of rotatable bonds is 4. The first kappa shape index (κ1) is 18.6. The summed E-state index contributed by atoms with van der Waals surface area (Å²) >= 11 is 6.09. The highest BCUT2D eigenvalue weighted by Crippen LogP contribution is 2.24. The minimum atomic E-state index is -0.00801. The molecule has 1 N–H and O–H groups in total. The summed E-state index contributed by atoms with van der Waals surface area (Å²) in [5, 5.41) is 3.90. The van der Waals surface area contributed by atoms with Gasteiger partial charge >= 0.3 is 6.03 Å². The van der Waals surface area contributed by atoms with Crippen LogP contribution in [0, 0.1) is 0 Å². The lowest BCUT2D eigenvalue weighted by atomic mass is 10.0. The molecule has 1 heterocycles. The molecule has 0 unspecified atom stereocenters. The zero-order valence-corrected chi connectivity index (χ0v) is 16.2. The summed E-state index contributed by atoms with van der Waals surface area (Å²) in [4.78, 5) is 16.9. The number of halogens is 1. The molecular formula is C21H26ClN3O. The van der Waals surface area contributed by atoms with E-state index in [2.05, 4.69) is 48.3 Å². The van der Waals surface area contributed by atoms with Crippen molar-refractivity contribution in [2.45, 2.75) is 26.7 Å². The van der Waals surface area contributed by atoms with Gasteiger partial charge in [0.1, 0.15) is 0 Å². The van der Waals surface area contributed by atoms with Crippen LogP contribution in [0.5, 0.6) is 0 Å². The summed E-state index contributed by atoms with van der Waals surface area (Å²) in [6.07, 6.45) is 1.82. The van der Waals surface area contributed by atoms with E-state index >= 15 is 0 Å². The summed E-state index contributed by atoms with van der Waals surface area (Å²) < 4.78 is 0. The molecule has 0 atom stereocenters. The molecule has 4 nitrogen and oxygen atoms in total. The molecule has 1 fully saturated rings. The average Bonchev–Trinajstić information content (AvgIpc) is 2.68. The number of aryl methyl sites for hydroxylation is 2. The molecule has 0 radical (unpaired) electrons. The minimum Gasteiger partial charge on any atom is -0.368 e. The van der Waals surface area contributed by atoms with Crippen molar-refractivity contribution in [3.05, 3.63) is 58.6 Å². The minimum absolute atomic E-state index is 0.00801. The van der Waals surface area contributed by atoms with Gasteiger partial charge < -0.3 is 15.1 Å². The third-order valence-corrected chi connectivity index (χ3v) is 5.21. The predicted octanol–water partition coefficient (Wildman–Crippen LogP) is 4.82. The number of para-hydroxylation sites is 1. The van der Waals surface area contributed by atoms with Gasteiger partial charge in [0.15, 0.2) is 0 Å². The summed E-state index contributed by atoms with van der Waals surface area (Å²) in [5.41, 5.74) is 4.48. The third-order valence-electron chi connectivity index (χ3n) is 4.97. The topological polar surface area (TPSA) is 35.6 Å². The van der Waals surface area contributed by atoms with Gasteiger partial charge in [-0.25, -0.2) is 4.79 Å². The fraction of sp³-hybridized carbons (Fsp3) is 0.381. The first-order chi connectivity index (χ1) is 12.6. The van der Waals surface area contributed by atoms with Gasteiger partial charge in [0.05, 0.1) is 0 Å². The Morgan fingerprint density at radius 3 is 2.19 bits per heavy atom. The van der Waals surface area contributed by atoms with Gasteiger partial charge in [-0.2, -0.15) is 0 Å². The summed E-state index contributed by atoms with van der Waals surface area (Å²) in [6.45, 7) is 7.26. The standard InChI is InChI=1S/C21H26ClN3O/c1-3-16-7-5-8-17(4-2)20(16)23-21(26)25-13-11-24(12-14-25)19-10-6-9-18(22)15-19/h5-10,15H,3-4,11-14H2,1-2H3,(H,23,26). The maximum absolute atomic E-state index is 12.8. The van der Waals surface area contributed by atoms with E-state index in [1.807, 2.05) is 23.1 Å². The highest BCUT2D eigenvalue weighted by atomic mass is 35.5. The summed E-state index contributed by atoms with van der Waals surface area (Å²) in [5.74, 6) is 0. The summed E-state index contributed by atoms with van der Waals surface area (Å²) in [7, 11) is 0. The van der Waals surface area contributed by atoms with E-state index in [1.54, 1.807) is 0 Å². The van der Waals surface area contributed by atoms with Crippen molar-refractivity contribution in [1.82, 2.24) is 4.90 Å². The molecule has 138 valence electrons. The van der Waals surface area contributed by atoms with Crippen molar-refractivity contribution < 1.29 is 4.79 Å². The first-order valence-corrected chi connectivity index (χ1v) is 9.67. The Bertz CT molecular complexity index is 747. The number of carbonyl (C=O) groups excluding carboxylic acids is 1. The second kappa shape index (κ2) is 8.45. The van der Waals surface area contributed by atoms with E-state index < -0.39 is 0 Å². The molecule has 1 aliphatic rings. The number of amides is 2. The normalized spacial score (nSPS) is 14.4. The van der Waals surface area contributed by atoms with Crippen molar-refractivity contribution in [2.75, 3.05) is 36.4 Å². The molecule has 26 heavy (non-hydrogen) atoms. The van der Waals surface area contributed by atoms with E-state index in [0.717, 1.165) is 42.3 Å². The number of nitrogens with zero attached hydrogens (tertiary/aromatic N) is 2. The van der Waals surface area contributed by atoms with Gasteiger partial charge in [-0.15, -0.1) is 0 Å². The number of anilines is 2. The van der Waals surface area contributed by atoms with Crippen LogP contribution in [0.15, 0.2) is 42.5 Å². The molecule has 5 heteroatoms. The molecule has 0 aliphatic carbocycles. The molecule has 3 rings (SSSR count). The molecule has 2 aromatic carbocycles. The average molecular weight is 372 g/mol. The monoisotopic (exact) mass is 371 g/mol. The zero-order chi connectivity index (χ0) is 18.5. The SMILES string of the molecule is CCc1cccc(CC)c1NC(=O)N1CCN(c2cccc(Cl)c2)CC1. The summed E-state index contributed by atoms with van der Waals surface area (Å²) in [6, 6.07) is 14.1. The van der Waals surface area contributed by atoms with Gasteiger partial charge in [-0.05, 0) is 42.2 Å². The Labute approximate surface area is 160 Å². The van der Waals surface area contributed by atoms with Crippen LogP contribution in [0.4, 0.5) is 16.2 Å². The van der Waals surface area contributed by atoms with E-state index in [0.29, 0.717) is 13.1 Å². The van der Waals surface area contributed by atoms with Crippen LogP contribution in [0.2, 0.25) is 5.02 Å². The van der Waals surface area contributed by atoms with Gasteiger partial charge in [0, 0.05) is 42.6 Å². The highest BCUT2D eigenvalue weighted by molar-refractivity contribution is 6.30. The van der Waals surface area contributed by atoms with E-state index in [4.69, 9.17) is 11.6 Å². The van der Waals surface area contributed by atoms with Crippen LogP contribution >= 0.6 is 11.6 Å². The fourth-order valence-corrected chi connectivity index (χ4v) is 3.61. The van der Waals surface area contributed by atoms with Gasteiger partial charge in [0.2, 0.25) is 0 Å². The van der Waals surface area contributed by atoms with Gasteiger partial charge in [0.25, 0.3) is 0 Å². The molecule has 2 aromatic rings. The van der Waals surface area contributed by atoms with Crippen LogP contribution in [0.3, 0.4) is 0 Å². The lowest BCUT2D eigenvalue weighted by Gasteiger charge is -2.36. The molecule has 2 amide bonds. The van der Waals surface area contributed by atoms with Gasteiger partial charge in [-0.1, -0.05) is 49.7 Å². The Morgan fingerprint density at radius 2 is 1.62 bits per heavy atom. The number of nitrogens with one attached hydrogen (secondary N) is 1. The highest BCUT2D eigenvalue weighted by Gasteiger charge is 2.22. The predicted molar refractivity (Wildman–Crippen MR) is 109 cm³/mol. The van der Waals surface area contributed by atoms with E-state index in [1.165, 1.54) is 11.1 Å². The maximum Gasteiger partial charge on any atom is 0.321 e. The third kappa shape index (κ3) is 4.13. The Kier molecular flexibility index (Phi) is 6.04. The first-order valence-electron chi connectivity index (χ1n) is 9.29. The molecule has 1 aliphatic heterocycles. The molecule has 0 bridgehead atoms. The fourth-order valence-electron chi connectivity index (χ4n) is 3.43. The van der Waals surface area contributed by atoms with Crippen molar-refractivity contribution >= 4 is 29.0 Å². The number of hydrogen-bond acceptors (Lipinski definition) is 2. The van der Waals surface area contributed by atoms with Crippen molar-refractivity contribution in [2.24, 2.45) is 0 Å².